The summed E-state index contributed by atoms with van der Waals surface area (Å²) in [7, 11) is 0. The Morgan fingerprint density at radius 1 is 1.18 bits per heavy atom. The van der Waals surface area contributed by atoms with Crippen molar-refractivity contribution in [1.82, 2.24) is 0 Å². The zero-order valence-corrected chi connectivity index (χ0v) is 14.3. The molecule has 0 saturated heterocycles. The number of nitrogens with one attached hydrogen (secondary N) is 1. The van der Waals surface area contributed by atoms with Crippen LogP contribution in [0.2, 0.25) is 0 Å². The highest BCUT2D eigenvalue weighted by atomic mass is 16.6. The van der Waals surface area contributed by atoms with Crippen LogP contribution < -0.4 is 5.32 Å². The predicted octanol–water partition coefficient (Wildman–Crippen LogP) is 4.11. The van der Waals surface area contributed by atoms with E-state index in [0.717, 1.165) is 0 Å². The number of hydrogen-bond acceptors (Lipinski definition) is 6. The van der Waals surface area contributed by atoms with Gasteiger partial charge in [-0.1, -0.05) is 24.3 Å². The third-order valence-corrected chi connectivity index (χ3v) is 3.77. The highest BCUT2D eigenvalue weighted by Crippen LogP contribution is 2.27. The molecule has 0 radical (unpaired) electrons. The summed E-state index contributed by atoms with van der Waals surface area (Å²) in [4.78, 5) is 22.6. The quantitative estimate of drug-likeness (QED) is 0.227. The standard InChI is InChI=1S/C20H13N3O5/c21-12-14(20(25)22-17-6-1-2-7-18(17)24)11-16-8-9-19(28-16)13-4-3-5-15(10-13)23(26)27/h1-11,24H,(H,22,25). The summed E-state index contributed by atoms with van der Waals surface area (Å²) in [5.74, 6) is -0.254. The number of furan rings is 1. The molecule has 0 atom stereocenters. The van der Waals surface area contributed by atoms with Crippen LogP contribution in [0.15, 0.2) is 70.7 Å². The molecule has 0 aliphatic carbocycles. The maximum atomic E-state index is 12.3. The van der Waals surface area contributed by atoms with Gasteiger partial charge in [0.05, 0.1) is 10.6 Å². The van der Waals surface area contributed by atoms with Crippen LogP contribution in [0.5, 0.6) is 5.75 Å². The zero-order chi connectivity index (χ0) is 20.1. The van der Waals surface area contributed by atoms with E-state index in [1.807, 2.05) is 0 Å². The first-order valence-electron chi connectivity index (χ1n) is 8.04. The number of amides is 1. The highest BCUT2D eigenvalue weighted by molar-refractivity contribution is 6.10. The topological polar surface area (TPSA) is 129 Å². The van der Waals surface area contributed by atoms with Gasteiger partial charge in [0.15, 0.2) is 0 Å². The fourth-order valence-corrected chi connectivity index (χ4v) is 2.42. The van der Waals surface area contributed by atoms with Gasteiger partial charge in [-0.05, 0) is 24.3 Å². The van der Waals surface area contributed by atoms with Crippen LogP contribution in [-0.2, 0) is 4.79 Å². The van der Waals surface area contributed by atoms with Crippen LogP contribution >= 0.6 is 0 Å². The van der Waals surface area contributed by atoms with Gasteiger partial charge in [-0.15, -0.1) is 0 Å². The van der Waals surface area contributed by atoms with Crippen molar-refractivity contribution in [1.29, 1.82) is 5.26 Å². The number of carbonyl (C=O) groups is 1. The van der Waals surface area contributed by atoms with Crippen molar-refractivity contribution in [3.05, 3.63) is 82.1 Å². The second-order valence-corrected chi connectivity index (χ2v) is 5.65. The number of nitro groups is 1. The van der Waals surface area contributed by atoms with Gasteiger partial charge in [-0.3, -0.25) is 14.9 Å². The first-order chi connectivity index (χ1) is 13.5. The molecular formula is C20H13N3O5. The lowest BCUT2D eigenvalue weighted by atomic mass is 10.1. The lowest BCUT2D eigenvalue weighted by Crippen LogP contribution is -2.13. The van der Waals surface area contributed by atoms with Crippen molar-refractivity contribution >= 4 is 23.4 Å². The van der Waals surface area contributed by atoms with Crippen LogP contribution in [0.25, 0.3) is 17.4 Å². The van der Waals surface area contributed by atoms with Gasteiger partial charge >= 0.3 is 0 Å². The Morgan fingerprint density at radius 2 is 1.96 bits per heavy atom. The molecule has 1 amide bonds. The molecule has 138 valence electrons. The average Bonchev–Trinajstić information content (AvgIpc) is 3.16. The Kier molecular flexibility index (Phi) is 5.18. The molecule has 0 aliphatic rings. The van der Waals surface area contributed by atoms with Crippen molar-refractivity contribution in [3.63, 3.8) is 0 Å². The van der Waals surface area contributed by atoms with Gasteiger partial charge in [0, 0.05) is 23.8 Å². The largest absolute Gasteiger partial charge is 0.506 e. The number of non-ortho nitro benzene ring substituents is 1. The molecule has 28 heavy (non-hydrogen) atoms. The van der Waals surface area contributed by atoms with Gasteiger partial charge in [-0.25, -0.2) is 0 Å². The maximum Gasteiger partial charge on any atom is 0.270 e. The SMILES string of the molecule is N#CC(=Cc1ccc(-c2cccc([N+](=O)[O-])c2)o1)C(=O)Nc1ccccc1O. The molecule has 2 N–H and O–H groups in total. The Morgan fingerprint density at radius 3 is 2.68 bits per heavy atom. The van der Waals surface area contributed by atoms with Crippen molar-refractivity contribution < 1.29 is 19.2 Å². The number of aromatic hydroxyl groups is 1. The van der Waals surface area contributed by atoms with Crippen LogP contribution in [0.1, 0.15) is 5.76 Å². The minimum absolute atomic E-state index is 0.0780. The monoisotopic (exact) mass is 375 g/mol. The molecule has 0 bridgehead atoms. The summed E-state index contributed by atoms with van der Waals surface area (Å²) < 4.78 is 5.58. The van der Waals surface area contributed by atoms with E-state index in [1.54, 1.807) is 36.4 Å². The molecule has 3 aromatic rings. The van der Waals surface area contributed by atoms with Crippen LogP contribution in [0.3, 0.4) is 0 Å². The summed E-state index contributed by atoms with van der Waals surface area (Å²) in [6.45, 7) is 0. The number of phenols is 1. The number of rotatable bonds is 5. The van der Waals surface area contributed by atoms with E-state index < -0.39 is 10.8 Å². The number of nitrogens with zero attached hydrogens (tertiary/aromatic N) is 2. The van der Waals surface area contributed by atoms with Crippen LogP contribution in [-0.4, -0.2) is 15.9 Å². The van der Waals surface area contributed by atoms with Gasteiger partial charge in [0.1, 0.15) is 28.9 Å². The van der Waals surface area contributed by atoms with E-state index in [2.05, 4.69) is 5.32 Å². The number of benzene rings is 2. The molecule has 8 heteroatoms. The molecule has 0 saturated carbocycles. The lowest BCUT2D eigenvalue weighted by Gasteiger charge is -2.05. The predicted molar refractivity (Wildman–Crippen MR) is 101 cm³/mol. The highest BCUT2D eigenvalue weighted by Gasteiger charge is 2.14. The summed E-state index contributed by atoms with van der Waals surface area (Å²) in [5.41, 5.74) is 0.352. The Hall–Kier alpha value is -4.38. The number of para-hydroxylation sites is 2. The number of nitriles is 1. The second-order valence-electron chi connectivity index (χ2n) is 5.65. The van der Waals surface area contributed by atoms with Gasteiger partial charge in [-0.2, -0.15) is 5.26 Å². The van der Waals surface area contributed by atoms with Crippen molar-refractivity contribution in [2.24, 2.45) is 0 Å². The van der Waals surface area contributed by atoms with E-state index in [-0.39, 0.29) is 28.5 Å². The molecule has 0 unspecified atom stereocenters. The number of anilines is 1. The number of carbonyl (C=O) groups excluding carboxylic acids is 1. The Balaban J connectivity index is 1.83. The van der Waals surface area contributed by atoms with E-state index >= 15 is 0 Å². The third-order valence-electron chi connectivity index (χ3n) is 3.77. The van der Waals surface area contributed by atoms with Gasteiger partial charge in [0.2, 0.25) is 0 Å². The molecule has 0 spiro atoms. The number of nitro benzene ring substituents is 1. The zero-order valence-electron chi connectivity index (χ0n) is 14.3. The average molecular weight is 375 g/mol. The fraction of sp³-hybridized carbons (Fsp3) is 0. The minimum Gasteiger partial charge on any atom is -0.506 e. The fourth-order valence-electron chi connectivity index (χ4n) is 2.42. The lowest BCUT2D eigenvalue weighted by molar-refractivity contribution is -0.384. The Bertz CT molecular complexity index is 1120. The van der Waals surface area contributed by atoms with Crippen molar-refractivity contribution in [2.75, 3.05) is 5.32 Å². The maximum absolute atomic E-state index is 12.3. The number of hydrogen-bond donors (Lipinski definition) is 2. The van der Waals surface area contributed by atoms with Gasteiger partial charge < -0.3 is 14.8 Å². The molecule has 3 rings (SSSR count). The third kappa shape index (κ3) is 4.05. The normalized spacial score (nSPS) is 10.9. The molecule has 1 aromatic heterocycles. The van der Waals surface area contributed by atoms with Crippen molar-refractivity contribution in [3.8, 4) is 23.1 Å². The summed E-state index contributed by atoms with van der Waals surface area (Å²) in [6, 6.07) is 16.9. The second kappa shape index (κ2) is 7.88. The molecule has 2 aromatic carbocycles. The molecule has 0 aliphatic heterocycles. The van der Waals surface area contributed by atoms with E-state index in [0.29, 0.717) is 11.3 Å². The molecule has 1 heterocycles. The van der Waals surface area contributed by atoms with E-state index in [4.69, 9.17) is 4.42 Å². The molecule has 8 nitrogen and oxygen atoms in total. The van der Waals surface area contributed by atoms with Crippen LogP contribution in [0, 0.1) is 21.4 Å². The van der Waals surface area contributed by atoms with Crippen LogP contribution in [0.4, 0.5) is 11.4 Å². The number of phenolic OH excluding ortho intramolecular Hbond substituents is 1. The molecular weight excluding hydrogens is 362 g/mol. The van der Waals surface area contributed by atoms with E-state index in [9.17, 15) is 25.3 Å². The summed E-state index contributed by atoms with van der Waals surface area (Å²) >= 11 is 0. The minimum atomic E-state index is -0.711. The molecule has 0 fully saturated rings. The van der Waals surface area contributed by atoms with Gasteiger partial charge in [0.25, 0.3) is 11.6 Å². The summed E-state index contributed by atoms with van der Waals surface area (Å²) in [5, 5.41) is 32.3. The van der Waals surface area contributed by atoms with E-state index in [1.165, 1.54) is 36.4 Å². The smallest absolute Gasteiger partial charge is 0.270 e. The Labute approximate surface area is 159 Å². The van der Waals surface area contributed by atoms with Crippen molar-refractivity contribution in [2.45, 2.75) is 0 Å². The summed E-state index contributed by atoms with van der Waals surface area (Å²) in [6.07, 6.45) is 1.25. The first-order valence-corrected chi connectivity index (χ1v) is 8.04. The first kappa shape index (κ1) is 18.4.